The molecular weight excluding hydrogens is 451 g/mol. The summed E-state index contributed by atoms with van der Waals surface area (Å²) in [6.45, 7) is 8.09. The zero-order valence-corrected chi connectivity index (χ0v) is 19.6. The SMILES string of the molecule is CN=C(NCCN(C)c1ccccc1)NC(C)Cc1c(C)nn(C)c1C.I. The Bertz CT molecular complexity index is 726. The average Bonchev–Trinajstić information content (AvgIpc) is 2.87. The molecule has 1 heterocycles. The fourth-order valence-electron chi connectivity index (χ4n) is 3.05. The van der Waals surface area contributed by atoms with E-state index in [1.807, 2.05) is 24.8 Å². The van der Waals surface area contributed by atoms with Gasteiger partial charge in [0, 0.05) is 51.7 Å². The smallest absolute Gasteiger partial charge is 0.191 e. The Balaban J connectivity index is 0.00000364. The van der Waals surface area contributed by atoms with Crippen molar-refractivity contribution in [1.82, 2.24) is 20.4 Å². The van der Waals surface area contributed by atoms with E-state index in [0.29, 0.717) is 0 Å². The first kappa shape index (κ1) is 23.3. The highest BCUT2D eigenvalue weighted by atomic mass is 127. The van der Waals surface area contributed by atoms with E-state index in [1.165, 1.54) is 16.9 Å². The molecule has 2 N–H and O–H groups in total. The van der Waals surface area contributed by atoms with Crippen molar-refractivity contribution in [3.63, 3.8) is 0 Å². The lowest BCUT2D eigenvalue weighted by Gasteiger charge is -2.22. The van der Waals surface area contributed by atoms with E-state index >= 15 is 0 Å². The molecule has 0 aliphatic heterocycles. The molecule has 27 heavy (non-hydrogen) atoms. The van der Waals surface area contributed by atoms with Crippen LogP contribution in [0.1, 0.15) is 23.9 Å². The molecule has 0 saturated carbocycles. The van der Waals surface area contributed by atoms with Gasteiger partial charge in [-0.2, -0.15) is 5.10 Å². The summed E-state index contributed by atoms with van der Waals surface area (Å²) in [4.78, 5) is 6.57. The van der Waals surface area contributed by atoms with Crippen molar-refractivity contribution >= 4 is 35.6 Å². The minimum absolute atomic E-state index is 0. The minimum atomic E-state index is 0. The highest BCUT2D eigenvalue weighted by molar-refractivity contribution is 14.0. The van der Waals surface area contributed by atoms with Gasteiger partial charge in [0.15, 0.2) is 5.96 Å². The van der Waals surface area contributed by atoms with Gasteiger partial charge in [-0.15, -0.1) is 24.0 Å². The van der Waals surface area contributed by atoms with E-state index in [4.69, 9.17) is 0 Å². The number of anilines is 1. The van der Waals surface area contributed by atoms with Gasteiger partial charge in [0.05, 0.1) is 5.69 Å². The van der Waals surface area contributed by atoms with Crippen LogP contribution in [-0.4, -0.2) is 49.0 Å². The lowest BCUT2D eigenvalue weighted by Crippen LogP contribution is -2.45. The second kappa shape index (κ2) is 11.2. The van der Waals surface area contributed by atoms with E-state index in [0.717, 1.165) is 31.2 Å². The number of halogens is 1. The third-order valence-corrected chi connectivity index (χ3v) is 4.71. The van der Waals surface area contributed by atoms with E-state index in [1.54, 1.807) is 0 Å². The summed E-state index contributed by atoms with van der Waals surface area (Å²) in [5.41, 5.74) is 4.86. The summed E-state index contributed by atoms with van der Waals surface area (Å²) in [6, 6.07) is 10.7. The van der Waals surface area contributed by atoms with Crippen LogP contribution in [-0.2, 0) is 13.5 Å². The van der Waals surface area contributed by atoms with Crippen LogP contribution in [0.25, 0.3) is 0 Å². The monoisotopic (exact) mass is 484 g/mol. The molecule has 0 fully saturated rings. The van der Waals surface area contributed by atoms with Gasteiger partial charge in [-0.1, -0.05) is 18.2 Å². The fourth-order valence-corrected chi connectivity index (χ4v) is 3.05. The zero-order chi connectivity index (χ0) is 19.1. The van der Waals surface area contributed by atoms with Gasteiger partial charge in [0.1, 0.15) is 0 Å². The van der Waals surface area contributed by atoms with Crippen molar-refractivity contribution in [2.24, 2.45) is 12.0 Å². The molecule has 0 spiro atoms. The lowest BCUT2D eigenvalue weighted by atomic mass is 10.1. The first-order valence-electron chi connectivity index (χ1n) is 9.14. The molecule has 150 valence electrons. The van der Waals surface area contributed by atoms with Crippen LogP contribution in [0.2, 0.25) is 0 Å². The number of aliphatic imine (C=N–C) groups is 1. The van der Waals surface area contributed by atoms with E-state index < -0.39 is 0 Å². The van der Waals surface area contributed by atoms with Crippen molar-refractivity contribution < 1.29 is 0 Å². The summed E-state index contributed by atoms with van der Waals surface area (Å²) in [5, 5.41) is 11.4. The van der Waals surface area contributed by atoms with Crippen LogP contribution in [0, 0.1) is 13.8 Å². The van der Waals surface area contributed by atoms with Crippen molar-refractivity contribution in [2.75, 3.05) is 32.1 Å². The Labute approximate surface area is 180 Å². The Hall–Kier alpha value is -1.77. The molecule has 1 aromatic heterocycles. The number of guanidine groups is 1. The van der Waals surface area contributed by atoms with Gasteiger partial charge in [-0.3, -0.25) is 9.67 Å². The van der Waals surface area contributed by atoms with Gasteiger partial charge >= 0.3 is 0 Å². The van der Waals surface area contributed by atoms with Gasteiger partial charge in [-0.05, 0) is 44.9 Å². The number of hydrogen-bond donors (Lipinski definition) is 2. The first-order valence-corrected chi connectivity index (χ1v) is 9.14. The molecule has 0 amide bonds. The molecule has 2 aromatic rings. The van der Waals surface area contributed by atoms with Gasteiger partial charge in [0.2, 0.25) is 0 Å². The summed E-state index contributed by atoms with van der Waals surface area (Å²) < 4.78 is 1.95. The van der Waals surface area contributed by atoms with Crippen LogP contribution >= 0.6 is 24.0 Å². The number of hydrogen-bond acceptors (Lipinski definition) is 3. The predicted octanol–water partition coefficient (Wildman–Crippen LogP) is 2.89. The van der Waals surface area contributed by atoms with Crippen LogP contribution in [0.5, 0.6) is 0 Å². The number of para-hydroxylation sites is 1. The number of benzene rings is 1. The van der Waals surface area contributed by atoms with Crippen LogP contribution < -0.4 is 15.5 Å². The number of rotatable bonds is 7. The molecule has 1 aromatic carbocycles. The third kappa shape index (κ3) is 6.71. The van der Waals surface area contributed by atoms with Crippen molar-refractivity contribution in [2.45, 2.75) is 33.2 Å². The van der Waals surface area contributed by atoms with Crippen molar-refractivity contribution in [3.05, 3.63) is 47.3 Å². The Morgan fingerprint density at radius 3 is 2.48 bits per heavy atom. The topological polar surface area (TPSA) is 57.5 Å². The molecule has 7 heteroatoms. The van der Waals surface area contributed by atoms with Crippen LogP contribution in [0.15, 0.2) is 35.3 Å². The first-order chi connectivity index (χ1) is 12.4. The van der Waals surface area contributed by atoms with Gasteiger partial charge in [-0.25, -0.2) is 0 Å². The quantitative estimate of drug-likeness (QED) is 0.361. The highest BCUT2D eigenvalue weighted by Crippen LogP contribution is 2.14. The number of aromatic nitrogens is 2. The third-order valence-electron chi connectivity index (χ3n) is 4.71. The molecule has 2 rings (SSSR count). The normalized spacial score (nSPS) is 12.3. The Morgan fingerprint density at radius 2 is 1.93 bits per heavy atom. The molecule has 0 bridgehead atoms. The minimum Gasteiger partial charge on any atom is -0.373 e. The summed E-state index contributed by atoms with van der Waals surface area (Å²) in [6.07, 6.45) is 0.927. The molecule has 0 aliphatic rings. The molecule has 0 radical (unpaired) electrons. The Kier molecular flexibility index (Phi) is 9.62. The number of likely N-dealkylation sites (N-methyl/N-ethyl adjacent to an activating group) is 1. The standard InChI is InChI=1S/C20H32N6.HI/c1-15(14-19-16(2)24-26(6)17(19)3)23-20(21-4)22-12-13-25(5)18-10-8-7-9-11-18;/h7-11,15H,12-14H2,1-6H3,(H2,21,22,23);1H. The lowest BCUT2D eigenvalue weighted by molar-refractivity contribution is 0.635. The Morgan fingerprint density at radius 1 is 1.26 bits per heavy atom. The van der Waals surface area contributed by atoms with E-state index in [2.05, 4.69) is 77.7 Å². The molecule has 0 saturated heterocycles. The molecular formula is C20H33IN6. The summed E-state index contributed by atoms with van der Waals surface area (Å²) in [7, 11) is 5.90. The fraction of sp³-hybridized carbons (Fsp3) is 0.500. The maximum absolute atomic E-state index is 4.50. The maximum Gasteiger partial charge on any atom is 0.191 e. The van der Waals surface area contributed by atoms with Crippen LogP contribution in [0.3, 0.4) is 0 Å². The number of nitrogens with one attached hydrogen (secondary N) is 2. The van der Waals surface area contributed by atoms with E-state index in [9.17, 15) is 0 Å². The van der Waals surface area contributed by atoms with E-state index in [-0.39, 0.29) is 30.0 Å². The summed E-state index contributed by atoms with van der Waals surface area (Å²) in [5.74, 6) is 0.832. The van der Waals surface area contributed by atoms with Crippen LogP contribution in [0.4, 0.5) is 5.69 Å². The van der Waals surface area contributed by atoms with Gasteiger partial charge < -0.3 is 15.5 Å². The molecule has 0 aliphatic carbocycles. The second-order valence-corrected chi connectivity index (χ2v) is 6.78. The van der Waals surface area contributed by atoms with Gasteiger partial charge in [0.25, 0.3) is 0 Å². The second-order valence-electron chi connectivity index (χ2n) is 6.78. The van der Waals surface area contributed by atoms with Crippen molar-refractivity contribution in [1.29, 1.82) is 0 Å². The number of aryl methyl sites for hydroxylation is 2. The molecule has 1 unspecified atom stereocenters. The predicted molar refractivity (Wildman–Crippen MR) is 125 cm³/mol. The van der Waals surface area contributed by atoms with Crippen molar-refractivity contribution in [3.8, 4) is 0 Å². The largest absolute Gasteiger partial charge is 0.373 e. The highest BCUT2D eigenvalue weighted by Gasteiger charge is 2.14. The molecule has 1 atom stereocenters. The summed E-state index contributed by atoms with van der Waals surface area (Å²) >= 11 is 0. The average molecular weight is 484 g/mol. The zero-order valence-electron chi connectivity index (χ0n) is 17.3. The number of nitrogens with zero attached hydrogens (tertiary/aromatic N) is 4. The molecule has 6 nitrogen and oxygen atoms in total. The maximum atomic E-state index is 4.50.